The summed E-state index contributed by atoms with van der Waals surface area (Å²) in [5.74, 6) is -1.03. The van der Waals surface area contributed by atoms with Crippen molar-refractivity contribution < 1.29 is 23.8 Å². The molecule has 1 aromatic carbocycles. The molecule has 0 bridgehead atoms. The van der Waals surface area contributed by atoms with E-state index in [1.54, 1.807) is 29.2 Å². The number of hydrogen-bond acceptors (Lipinski definition) is 4. The van der Waals surface area contributed by atoms with E-state index in [1.807, 2.05) is 0 Å². The molecule has 3 rings (SSSR count). The van der Waals surface area contributed by atoms with E-state index in [4.69, 9.17) is 25.9 Å². The van der Waals surface area contributed by atoms with Crippen LogP contribution < -0.4 is 0 Å². The molecule has 1 aliphatic heterocycles. The number of nitrogens with zero attached hydrogens (tertiary/aromatic N) is 1. The van der Waals surface area contributed by atoms with Gasteiger partial charge in [-0.3, -0.25) is 9.59 Å². The molecule has 1 saturated heterocycles. The van der Waals surface area contributed by atoms with Crippen LogP contribution in [0.25, 0.3) is 11.0 Å². The first-order valence-electron chi connectivity index (χ1n) is 7.84. The van der Waals surface area contributed by atoms with Crippen molar-refractivity contribution in [2.45, 2.75) is 25.3 Å². The van der Waals surface area contributed by atoms with E-state index < -0.39 is 5.97 Å². The molecule has 0 spiro atoms. The lowest BCUT2D eigenvalue weighted by Gasteiger charge is -2.33. The van der Waals surface area contributed by atoms with E-state index in [1.165, 1.54) is 0 Å². The van der Waals surface area contributed by atoms with E-state index in [9.17, 15) is 9.59 Å². The van der Waals surface area contributed by atoms with Gasteiger partial charge in [0, 0.05) is 36.2 Å². The Morgan fingerprint density at radius 1 is 1.25 bits per heavy atom. The van der Waals surface area contributed by atoms with E-state index in [0.29, 0.717) is 36.7 Å². The SMILES string of the molecule is O=C(O)CCN(C(=O)c1cc2cc(Cl)ccc2o1)C1CCOCC1. The van der Waals surface area contributed by atoms with Gasteiger partial charge in [0.25, 0.3) is 5.91 Å². The predicted octanol–water partition coefficient (Wildman–Crippen LogP) is 3.18. The highest BCUT2D eigenvalue weighted by Gasteiger charge is 2.29. The Bertz CT molecular complexity index is 751. The number of hydrogen-bond donors (Lipinski definition) is 1. The third kappa shape index (κ3) is 3.71. The average Bonchev–Trinajstić information content (AvgIpc) is 2.98. The zero-order valence-corrected chi connectivity index (χ0v) is 13.8. The number of benzene rings is 1. The Morgan fingerprint density at radius 3 is 2.71 bits per heavy atom. The number of ether oxygens (including phenoxy) is 1. The van der Waals surface area contributed by atoms with Gasteiger partial charge in [-0.15, -0.1) is 0 Å². The van der Waals surface area contributed by atoms with Crippen LogP contribution in [0.15, 0.2) is 28.7 Å². The van der Waals surface area contributed by atoms with E-state index in [0.717, 1.165) is 5.39 Å². The van der Waals surface area contributed by atoms with E-state index in [-0.39, 0.29) is 30.7 Å². The Hall–Kier alpha value is -2.05. The number of carbonyl (C=O) groups is 2. The second-order valence-corrected chi connectivity index (χ2v) is 6.22. The summed E-state index contributed by atoms with van der Waals surface area (Å²) in [4.78, 5) is 25.4. The fourth-order valence-electron chi connectivity index (χ4n) is 2.92. The molecule has 1 amide bonds. The number of halogens is 1. The van der Waals surface area contributed by atoms with Gasteiger partial charge in [-0.25, -0.2) is 0 Å². The molecule has 2 heterocycles. The second-order valence-electron chi connectivity index (χ2n) is 5.78. The lowest BCUT2D eigenvalue weighted by atomic mass is 10.1. The zero-order chi connectivity index (χ0) is 17.1. The topological polar surface area (TPSA) is 80.0 Å². The highest BCUT2D eigenvalue weighted by Crippen LogP contribution is 2.25. The van der Waals surface area contributed by atoms with Crippen LogP contribution in [0.2, 0.25) is 5.02 Å². The number of rotatable bonds is 5. The van der Waals surface area contributed by atoms with E-state index >= 15 is 0 Å². The third-order valence-electron chi connectivity index (χ3n) is 4.15. The van der Waals surface area contributed by atoms with Gasteiger partial charge in [0.05, 0.1) is 6.42 Å². The highest BCUT2D eigenvalue weighted by atomic mass is 35.5. The number of aliphatic carboxylic acids is 1. The fraction of sp³-hybridized carbons (Fsp3) is 0.412. The molecule has 0 aliphatic carbocycles. The molecular formula is C17H18ClNO5. The maximum atomic E-state index is 12.9. The van der Waals surface area contributed by atoms with Gasteiger partial charge in [0.15, 0.2) is 5.76 Å². The van der Waals surface area contributed by atoms with Crippen LogP contribution >= 0.6 is 11.6 Å². The van der Waals surface area contributed by atoms with Crippen molar-refractivity contribution >= 4 is 34.4 Å². The summed E-state index contributed by atoms with van der Waals surface area (Å²) in [5, 5.41) is 10.3. The molecule has 1 aromatic heterocycles. The number of carboxylic acid groups (broad SMARTS) is 1. The summed E-state index contributed by atoms with van der Waals surface area (Å²) in [5.41, 5.74) is 0.577. The van der Waals surface area contributed by atoms with Crippen molar-refractivity contribution in [3.63, 3.8) is 0 Å². The van der Waals surface area contributed by atoms with Crippen molar-refractivity contribution in [3.8, 4) is 0 Å². The summed E-state index contributed by atoms with van der Waals surface area (Å²) in [6.45, 7) is 1.28. The van der Waals surface area contributed by atoms with Gasteiger partial charge < -0.3 is 19.2 Å². The first-order chi connectivity index (χ1) is 11.5. The van der Waals surface area contributed by atoms with Crippen LogP contribution in [0, 0.1) is 0 Å². The summed E-state index contributed by atoms with van der Waals surface area (Å²) in [6, 6.07) is 6.75. The number of carbonyl (C=O) groups excluding carboxylic acids is 1. The zero-order valence-electron chi connectivity index (χ0n) is 13.0. The highest BCUT2D eigenvalue weighted by molar-refractivity contribution is 6.31. The summed E-state index contributed by atoms with van der Waals surface area (Å²) < 4.78 is 11.0. The molecule has 0 radical (unpaired) electrons. The molecule has 1 aliphatic rings. The molecule has 1 N–H and O–H groups in total. The second kappa shape index (κ2) is 7.23. The number of amides is 1. The van der Waals surface area contributed by atoms with E-state index in [2.05, 4.69) is 0 Å². The van der Waals surface area contributed by atoms with Gasteiger partial charge in [0.2, 0.25) is 0 Å². The third-order valence-corrected chi connectivity index (χ3v) is 4.38. The molecule has 0 atom stereocenters. The largest absolute Gasteiger partial charge is 0.481 e. The molecular weight excluding hydrogens is 334 g/mol. The lowest BCUT2D eigenvalue weighted by Crippen LogP contribution is -2.44. The van der Waals surface area contributed by atoms with Crippen molar-refractivity contribution in [2.24, 2.45) is 0 Å². The van der Waals surface area contributed by atoms with Crippen molar-refractivity contribution in [1.82, 2.24) is 4.90 Å². The fourth-order valence-corrected chi connectivity index (χ4v) is 3.10. The van der Waals surface area contributed by atoms with Crippen LogP contribution in [0.5, 0.6) is 0 Å². The molecule has 7 heteroatoms. The monoisotopic (exact) mass is 351 g/mol. The van der Waals surface area contributed by atoms with Crippen molar-refractivity contribution in [3.05, 3.63) is 35.0 Å². The summed E-state index contributed by atoms with van der Waals surface area (Å²) in [7, 11) is 0. The number of carboxylic acids is 1. The first kappa shape index (κ1) is 16.8. The molecule has 0 unspecified atom stereocenters. The van der Waals surface area contributed by atoms with Crippen molar-refractivity contribution in [2.75, 3.05) is 19.8 Å². The van der Waals surface area contributed by atoms with Crippen LogP contribution in [0.4, 0.5) is 0 Å². The quantitative estimate of drug-likeness (QED) is 0.894. The Labute approximate surface area is 143 Å². The number of furan rings is 1. The maximum absolute atomic E-state index is 12.9. The minimum Gasteiger partial charge on any atom is -0.481 e. The van der Waals surface area contributed by atoms with Gasteiger partial charge in [0.1, 0.15) is 5.58 Å². The smallest absolute Gasteiger partial charge is 0.305 e. The Kier molecular flexibility index (Phi) is 5.06. The normalized spacial score (nSPS) is 15.5. The summed E-state index contributed by atoms with van der Waals surface area (Å²) in [6.07, 6.45) is 1.28. The summed E-state index contributed by atoms with van der Waals surface area (Å²) >= 11 is 5.96. The standard InChI is InChI=1S/C17H18ClNO5/c18-12-1-2-14-11(9-12)10-15(24-14)17(22)19(6-3-16(20)21)13-4-7-23-8-5-13/h1-2,9-10,13H,3-8H2,(H,20,21). The minimum atomic E-state index is -0.934. The van der Waals surface area contributed by atoms with Crippen LogP contribution in [0.3, 0.4) is 0 Å². The molecule has 6 nitrogen and oxygen atoms in total. The molecule has 0 saturated carbocycles. The Morgan fingerprint density at radius 2 is 2.00 bits per heavy atom. The Balaban J connectivity index is 1.86. The maximum Gasteiger partial charge on any atom is 0.305 e. The molecule has 128 valence electrons. The molecule has 1 fully saturated rings. The van der Waals surface area contributed by atoms with Gasteiger partial charge in [-0.1, -0.05) is 11.6 Å². The van der Waals surface area contributed by atoms with Gasteiger partial charge in [-0.2, -0.15) is 0 Å². The van der Waals surface area contributed by atoms with Crippen molar-refractivity contribution in [1.29, 1.82) is 0 Å². The minimum absolute atomic E-state index is 0.0394. The average molecular weight is 352 g/mol. The predicted molar refractivity (Wildman–Crippen MR) is 88.4 cm³/mol. The lowest BCUT2D eigenvalue weighted by molar-refractivity contribution is -0.137. The van der Waals surface area contributed by atoms with Gasteiger partial charge in [-0.05, 0) is 37.1 Å². The van der Waals surface area contributed by atoms with Crippen LogP contribution in [0.1, 0.15) is 29.8 Å². The van der Waals surface area contributed by atoms with Crippen LogP contribution in [-0.2, 0) is 9.53 Å². The van der Waals surface area contributed by atoms with Crippen LogP contribution in [-0.4, -0.2) is 47.7 Å². The molecule has 24 heavy (non-hydrogen) atoms. The first-order valence-corrected chi connectivity index (χ1v) is 8.22. The molecule has 2 aromatic rings. The number of fused-ring (bicyclic) bond motifs is 1. The van der Waals surface area contributed by atoms with Gasteiger partial charge >= 0.3 is 5.97 Å².